The Morgan fingerprint density at radius 2 is 1.97 bits per heavy atom. The zero-order valence-corrected chi connectivity index (χ0v) is 18.5. The molecule has 1 atom stereocenters. The third-order valence-corrected chi connectivity index (χ3v) is 6.20. The monoisotopic (exact) mass is 523 g/mol. The molecule has 0 aliphatic carbocycles. The number of amidine groups is 1. The van der Waals surface area contributed by atoms with Gasteiger partial charge in [0.25, 0.3) is 0 Å². The number of benzene rings is 2. The number of thioether (sulfide) groups is 1. The van der Waals surface area contributed by atoms with E-state index in [9.17, 15) is 9.59 Å². The Morgan fingerprint density at radius 1 is 1.21 bits per heavy atom. The van der Waals surface area contributed by atoms with Crippen LogP contribution in [-0.4, -0.2) is 35.6 Å². The lowest BCUT2D eigenvalue weighted by atomic mass is 10.3. The molecule has 2 aromatic carbocycles. The predicted molar refractivity (Wildman–Crippen MR) is 122 cm³/mol. The van der Waals surface area contributed by atoms with Crippen molar-refractivity contribution in [1.82, 2.24) is 0 Å². The maximum atomic E-state index is 12.9. The molecule has 2 heterocycles. The molecule has 0 radical (unpaired) electrons. The zero-order chi connectivity index (χ0) is 20.4. The van der Waals surface area contributed by atoms with Gasteiger partial charge in [-0.15, -0.1) is 0 Å². The summed E-state index contributed by atoms with van der Waals surface area (Å²) in [6.07, 6.45) is 0.140. The molecular formula is C20H18IN3O4S. The molecular weight excluding hydrogens is 505 g/mol. The van der Waals surface area contributed by atoms with Crippen molar-refractivity contribution in [1.29, 1.82) is 0 Å². The van der Waals surface area contributed by atoms with Crippen LogP contribution in [0.25, 0.3) is 0 Å². The second-order valence-corrected chi connectivity index (χ2v) is 8.76. The van der Waals surface area contributed by atoms with Crippen molar-refractivity contribution in [3.8, 4) is 11.5 Å². The standard InChI is InChI=1S/C20H18IN3O4S/c1-2-22-20(23-13-5-8-15-16(9-13)28-11-27-15)29-17-10-18(25)24(19(17)26)14-6-3-12(21)4-7-14/h3-9,17H,2,10-11H2,1H3,(H,22,23)/t17-/m1/s1. The Kier molecular flexibility index (Phi) is 5.95. The largest absolute Gasteiger partial charge is 0.454 e. The van der Waals surface area contributed by atoms with Crippen molar-refractivity contribution in [2.45, 2.75) is 18.6 Å². The Bertz CT molecular complexity index is 980. The fourth-order valence-electron chi connectivity index (χ4n) is 3.04. The number of aliphatic imine (C=N–C) groups is 1. The number of nitrogens with one attached hydrogen (secondary N) is 1. The predicted octanol–water partition coefficient (Wildman–Crippen LogP) is 3.87. The maximum absolute atomic E-state index is 12.9. The highest BCUT2D eigenvalue weighted by molar-refractivity contribution is 14.1. The van der Waals surface area contributed by atoms with Gasteiger partial charge in [0.05, 0.1) is 5.69 Å². The van der Waals surface area contributed by atoms with Gasteiger partial charge in [0.1, 0.15) is 5.25 Å². The number of rotatable bonds is 4. The topological polar surface area (TPSA) is 80.2 Å². The van der Waals surface area contributed by atoms with E-state index in [4.69, 9.17) is 9.47 Å². The summed E-state index contributed by atoms with van der Waals surface area (Å²) in [6, 6.07) is 12.8. The van der Waals surface area contributed by atoms with Crippen molar-refractivity contribution < 1.29 is 19.1 Å². The summed E-state index contributed by atoms with van der Waals surface area (Å²) in [5, 5.41) is 3.29. The molecule has 2 aliphatic rings. The van der Waals surface area contributed by atoms with E-state index in [0.29, 0.717) is 28.9 Å². The van der Waals surface area contributed by atoms with Crippen LogP contribution in [0, 0.1) is 3.57 Å². The molecule has 29 heavy (non-hydrogen) atoms. The average Bonchev–Trinajstić information content (AvgIpc) is 3.27. The summed E-state index contributed by atoms with van der Waals surface area (Å²) in [6.45, 7) is 2.67. The van der Waals surface area contributed by atoms with E-state index < -0.39 is 5.25 Å². The van der Waals surface area contributed by atoms with Crippen LogP contribution < -0.4 is 19.7 Å². The number of carbonyl (C=O) groups excluding carboxylic acids is 2. The van der Waals surface area contributed by atoms with Crippen molar-refractivity contribution in [2.24, 2.45) is 4.99 Å². The van der Waals surface area contributed by atoms with Gasteiger partial charge in [0.2, 0.25) is 18.6 Å². The first-order valence-corrected chi connectivity index (χ1v) is 11.0. The minimum Gasteiger partial charge on any atom is -0.454 e. The zero-order valence-electron chi connectivity index (χ0n) is 15.6. The summed E-state index contributed by atoms with van der Waals surface area (Å²) >= 11 is 3.46. The first-order valence-electron chi connectivity index (χ1n) is 9.05. The molecule has 4 rings (SSSR count). The number of nitrogens with zero attached hydrogens (tertiary/aromatic N) is 2. The average molecular weight is 523 g/mol. The Balaban J connectivity index is 1.48. The third kappa shape index (κ3) is 4.35. The van der Waals surface area contributed by atoms with E-state index in [1.165, 1.54) is 16.7 Å². The lowest BCUT2D eigenvalue weighted by Gasteiger charge is -2.16. The minimum atomic E-state index is -0.520. The normalized spacial score (nSPS) is 18.5. The summed E-state index contributed by atoms with van der Waals surface area (Å²) in [5.74, 6) is 0.930. The molecule has 1 N–H and O–H groups in total. The Morgan fingerprint density at radius 3 is 2.72 bits per heavy atom. The van der Waals surface area contributed by atoms with E-state index in [2.05, 4.69) is 32.9 Å². The molecule has 2 aromatic rings. The molecule has 0 saturated carbocycles. The summed E-state index contributed by atoms with van der Waals surface area (Å²) in [4.78, 5) is 31.1. The fraction of sp³-hybridized carbons (Fsp3) is 0.250. The van der Waals surface area contributed by atoms with Gasteiger partial charge >= 0.3 is 0 Å². The summed E-state index contributed by atoms with van der Waals surface area (Å²) in [7, 11) is 0. The highest BCUT2D eigenvalue weighted by atomic mass is 127. The van der Waals surface area contributed by atoms with Crippen LogP contribution in [0.1, 0.15) is 13.3 Å². The van der Waals surface area contributed by atoms with Crippen molar-refractivity contribution in [3.05, 3.63) is 46.0 Å². The number of hydrogen-bond acceptors (Lipinski definition) is 6. The Labute approximate surface area is 186 Å². The Hall–Kier alpha value is -2.27. The second kappa shape index (κ2) is 8.62. The first-order chi connectivity index (χ1) is 14.0. The van der Waals surface area contributed by atoms with E-state index in [1.807, 2.05) is 37.3 Å². The molecule has 0 bridgehead atoms. The van der Waals surface area contributed by atoms with Gasteiger partial charge in [-0.05, 0) is 65.9 Å². The smallest absolute Gasteiger partial charge is 0.247 e. The maximum Gasteiger partial charge on any atom is 0.247 e. The minimum absolute atomic E-state index is 0.140. The second-order valence-electron chi connectivity index (χ2n) is 6.33. The number of ether oxygens (including phenoxy) is 2. The van der Waals surface area contributed by atoms with Crippen molar-refractivity contribution in [2.75, 3.05) is 23.6 Å². The number of anilines is 2. The molecule has 7 nitrogen and oxygen atoms in total. The van der Waals surface area contributed by atoms with Gasteiger partial charge in [0, 0.05) is 28.3 Å². The molecule has 150 valence electrons. The number of hydrogen-bond donors (Lipinski definition) is 1. The molecule has 2 aliphatic heterocycles. The number of amides is 2. The van der Waals surface area contributed by atoms with E-state index in [-0.39, 0.29) is 25.0 Å². The van der Waals surface area contributed by atoms with Crippen LogP contribution in [0.2, 0.25) is 0 Å². The number of carbonyl (C=O) groups is 2. The van der Waals surface area contributed by atoms with Crippen LogP contribution in [0.15, 0.2) is 47.5 Å². The third-order valence-electron chi connectivity index (χ3n) is 4.37. The number of fused-ring (bicyclic) bond motifs is 1. The van der Waals surface area contributed by atoms with Crippen LogP contribution >= 0.6 is 34.4 Å². The van der Waals surface area contributed by atoms with E-state index in [1.54, 1.807) is 12.1 Å². The number of imide groups is 1. The van der Waals surface area contributed by atoms with Gasteiger partial charge < -0.3 is 14.8 Å². The molecule has 9 heteroatoms. The van der Waals surface area contributed by atoms with E-state index in [0.717, 1.165) is 9.26 Å². The van der Waals surface area contributed by atoms with Crippen molar-refractivity contribution in [3.63, 3.8) is 0 Å². The molecule has 1 saturated heterocycles. The van der Waals surface area contributed by atoms with Gasteiger partial charge in [0.15, 0.2) is 16.7 Å². The molecule has 0 unspecified atom stereocenters. The van der Waals surface area contributed by atoms with Gasteiger partial charge in [-0.3, -0.25) is 14.6 Å². The van der Waals surface area contributed by atoms with Crippen LogP contribution in [-0.2, 0) is 9.59 Å². The fourth-order valence-corrected chi connectivity index (χ4v) is 4.48. The van der Waals surface area contributed by atoms with Crippen LogP contribution in [0.4, 0.5) is 11.4 Å². The van der Waals surface area contributed by atoms with E-state index >= 15 is 0 Å². The molecule has 0 aromatic heterocycles. The van der Waals surface area contributed by atoms with Gasteiger partial charge in [-0.25, -0.2) is 4.90 Å². The van der Waals surface area contributed by atoms with Crippen LogP contribution in [0.5, 0.6) is 11.5 Å². The van der Waals surface area contributed by atoms with Gasteiger partial charge in [-0.2, -0.15) is 0 Å². The first kappa shape index (κ1) is 20.0. The highest BCUT2D eigenvalue weighted by Gasteiger charge is 2.40. The van der Waals surface area contributed by atoms with Gasteiger partial charge in [-0.1, -0.05) is 11.8 Å². The van der Waals surface area contributed by atoms with Crippen molar-refractivity contribution >= 4 is 62.7 Å². The molecule has 1 fully saturated rings. The quantitative estimate of drug-likeness (QED) is 0.284. The summed E-state index contributed by atoms with van der Waals surface area (Å²) in [5.41, 5.74) is 1.38. The lowest BCUT2D eigenvalue weighted by molar-refractivity contribution is -0.121. The SMILES string of the molecule is CCN=C(Nc1ccc2c(c1)OCO2)S[C@@H]1CC(=O)N(c2ccc(I)cc2)C1=O. The lowest BCUT2D eigenvalue weighted by Crippen LogP contribution is -2.31. The molecule has 0 spiro atoms. The number of halogens is 1. The van der Waals surface area contributed by atoms with Crippen LogP contribution in [0.3, 0.4) is 0 Å². The molecule has 2 amide bonds. The highest BCUT2D eigenvalue weighted by Crippen LogP contribution is 2.35. The summed E-state index contributed by atoms with van der Waals surface area (Å²) < 4.78 is 11.8.